The maximum absolute atomic E-state index is 13.0. The third-order valence-electron chi connectivity index (χ3n) is 5.95. The van der Waals surface area contributed by atoms with Crippen LogP contribution in [0.5, 0.6) is 11.5 Å². The monoisotopic (exact) mass is 461 g/mol. The number of methoxy groups -OCH3 is 2. The highest BCUT2D eigenvalue weighted by molar-refractivity contribution is 5.96. The molecule has 1 saturated heterocycles. The smallest absolute Gasteiger partial charge is 0.261 e. The van der Waals surface area contributed by atoms with Crippen LogP contribution in [0, 0.1) is 6.92 Å². The van der Waals surface area contributed by atoms with E-state index in [1.54, 1.807) is 40.1 Å². The molecule has 1 fully saturated rings. The van der Waals surface area contributed by atoms with Gasteiger partial charge in [0.15, 0.2) is 11.5 Å². The van der Waals surface area contributed by atoms with Crippen LogP contribution < -0.4 is 15.0 Å². The fourth-order valence-electron chi connectivity index (χ4n) is 4.06. The number of hydrogen-bond acceptors (Lipinski definition) is 5. The first-order valence-electron chi connectivity index (χ1n) is 11.0. The van der Waals surface area contributed by atoms with Crippen LogP contribution in [-0.4, -0.2) is 67.0 Å². The Balaban J connectivity index is 1.43. The maximum atomic E-state index is 13.0. The summed E-state index contributed by atoms with van der Waals surface area (Å²) in [6.45, 7) is 3.42. The molecule has 8 heteroatoms. The van der Waals surface area contributed by atoms with Crippen molar-refractivity contribution in [2.45, 2.75) is 6.92 Å². The largest absolute Gasteiger partial charge is 0.493 e. The van der Waals surface area contributed by atoms with Gasteiger partial charge in [-0.25, -0.2) is 0 Å². The van der Waals surface area contributed by atoms with Gasteiger partial charge in [-0.3, -0.25) is 14.4 Å². The highest BCUT2D eigenvalue weighted by atomic mass is 16.5. The Hall–Kier alpha value is -4.07. The Morgan fingerprint density at radius 3 is 2.12 bits per heavy atom. The number of amides is 2. The summed E-state index contributed by atoms with van der Waals surface area (Å²) in [6, 6.07) is 16.1. The zero-order valence-electron chi connectivity index (χ0n) is 19.5. The summed E-state index contributed by atoms with van der Waals surface area (Å²) in [7, 11) is 3.06. The minimum Gasteiger partial charge on any atom is -0.493 e. The van der Waals surface area contributed by atoms with E-state index in [1.165, 1.54) is 14.2 Å². The molecule has 2 aromatic carbocycles. The van der Waals surface area contributed by atoms with Crippen LogP contribution in [0.4, 0.5) is 0 Å². The minimum atomic E-state index is -0.423. The van der Waals surface area contributed by atoms with Gasteiger partial charge in [0.2, 0.25) is 0 Å². The second-order valence-corrected chi connectivity index (χ2v) is 8.14. The standard InChI is InChI=1S/C26H27N3O5/c1-17-5-4-6-18(15-17)21-9-8-20(24(30)27-21)26(32)29-13-11-28(12-14-29)25(31)19-7-10-22(33-2)23(16-19)34-3/h4-10,15-16H,11-14H2,1-3H3,(H,27,30). The molecule has 0 bridgehead atoms. The average Bonchev–Trinajstić information content (AvgIpc) is 2.87. The predicted octanol–water partition coefficient (Wildman–Crippen LogP) is 2.97. The van der Waals surface area contributed by atoms with Crippen LogP contribution in [0.1, 0.15) is 26.3 Å². The number of nitrogens with zero attached hydrogens (tertiary/aromatic N) is 2. The van der Waals surface area contributed by atoms with E-state index >= 15 is 0 Å². The molecule has 1 aromatic heterocycles. The number of piperazine rings is 1. The number of nitrogens with one attached hydrogen (secondary N) is 1. The summed E-state index contributed by atoms with van der Waals surface area (Å²) in [4.78, 5) is 44.7. The molecule has 2 heterocycles. The van der Waals surface area contributed by atoms with Crippen molar-refractivity contribution in [1.29, 1.82) is 0 Å². The molecule has 1 aliphatic rings. The summed E-state index contributed by atoms with van der Waals surface area (Å²) in [6.07, 6.45) is 0. The Bertz CT molecular complexity index is 1280. The molecule has 1 aliphatic heterocycles. The normalized spacial score (nSPS) is 13.5. The number of H-pyrrole nitrogens is 1. The van der Waals surface area contributed by atoms with Crippen LogP contribution >= 0.6 is 0 Å². The third-order valence-corrected chi connectivity index (χ3v) is 5.95. The molecule has 2 amide bonds. The molecule has 1 N–H and O–H groups in total. The van der Waals surface area contributed by atoms with E-state index in [0.717, 1.165) is 11.1 Å². The molecular weight excluding hydrogens is 434 g/mol. The zero-order chi connectivity index (χ0) is 24.2. The topological polar surface area (TPSA) is 91.9 Å². The molecular formula is C26H27N3O5. The van der Waals surface area contributed by atoms with E-state index in [2.05, 4.69) is 4.98 Å². The van der Waals surface area contributed by atoms with Crippen molar-refractivity contribution in [2.75, 3.05) is 40.4 Å². The SMILES string of the molecule is COc1ccc(C(=O)N2CCN(C(=O)c3ccc(-c4cccc(C)c4)[nH]c3=O)CC2)cc1OC. The van der Waals surface area contributed by atoms with Gasteiger partial charge >= 0.3 is 0 Å². The van der Waals surface area contributed by atoms with E-state index in [4.69, 9.17) is 9.47 Å². The van der Waals surface area contributed by atoms with E-state index in [9.17, 15) is 14.4 Å². The van der Waals surface area contributed by atoms with Crippen LogP contribution in [0.2, 0.25) is 0 Å². The first-order chi connectivity index (χ1) is 16.4. The van der Waals surface area contributed by atoms with Crippen molar-refractivity contribution in [3.8, 4) is 22.8 Å². The molecule has 0 radical (unpaired) electrons. The van der Waals surface area contributed by atoms with Crippen LogP contribution in [-0.2, 0) is 0 Å². The van der Waals surface area contributed by atoms with Crippen molar-refractivity contribution in [3.63, 3.8) is 0 Å². The Labute approximate surface area is 197 Å². The Kier molecular flexibility index (Phi) is 6.67. The minimum absolute atomic E-state index is 0.0936. The first-order valence-corrected chi connectivity index (χ1v) is 11.0. The van der Waals surface area contributed by atoms with Gasteiger partial charge in [-0.05, 0) is 48.9 Å². The van der Waals surface area contributed by atoms with E-state index in [0.29, 0.717) is 48.9 Å². The van der Waals surface area contributed by atoms with Gasteiger partial charge in [-0.2, -0.15) is 0 Å². The number of carbonyl (C=O) groups is 2. The molecule has 0 unspecified atom stereocenters. The van der Waals surface area contributed by atoms with E-state index < -0.39 is 5.56 Å². The molecule has 0 aliphatic carbocycles. The molecule has 0 atom stereocenters. The lowest BCUT2D eigenvalue weighted by Crippen LogP contribution is -2.51. The number of hydrogen-bond donors (Lipinski definition) is 1. The van der Waals surface area contributed by atoms with Crippen molar-refractivity contribution in [1.82, 2.24) is 14.8 Å². The molecule has 0 saturated carbocycles. The van der Waals surface area contributed by atoms with Crippen LogP contribution in [0.15, 0.2) is 59.4 Å². The lowest BCUT2D eigenvalue weighted by Gasteiger charge is -2.34. The number of ether oxygens (including phenoxy) is 2. The van der Waals surface area contributed by atoms with Gasteiger partial charge in [0.1, 0.15) is 5.56 Å². The van der Waals surface area contributed by atoms with Crippen LogP contribution in [0.25, 0.3) is 11.3 Å². The van der Waals surface area contributed by atoms with Gasteiger partial charge in [0.05, 0.1) is 14.2 Å². The zero-order valence-corrected chi connectivity index (χ0v) is 19.5. The summed E-state index contributed by atoms with van der Waals surface area (Å²) in [5.74, 6) is 0.548. The number of aryl methyl sites for hydroxylation is 1. The molecule has 8 nitrogen and oxygen atoms in total. The summed E-state index contributed by atoms with van der Waals surface area (Å²) >= 11 is 0. The number of carbonyl (C=O) groups excluding carboxylic acids is 2. The quantitative estimate of drug-likeness (QED) is 0.631. The fourth-order valence-corrected chi connectivity index (χ4v) is 4.06. The lowest BCUT2D eigenvalue weighted by molar-refractivity contribution is 0.0534. The van der Waals surface area contributed by atoms with E-state index in [1.807, 2.05) is 31.2 Å². The Morgan fingerprint density at radius 2 is 1.50 bits per heavy atom. The molecule has 176 valence electrons. The average molecular weight is 462 g/mol. The van der Waals surface area contributed by atoms with Crippen molar-refractivity contribution in [3.05, 3.63) is 81.6 Å². The fraction of sp³-hybridized carbons (Fsp3) is 0.269. The predicted molar refractivity (Wildman–Crippen MR) is 129 cm³/mol. The van der Waals surface area contributed by atoms with Gasteiger partial charge in [0, 0.05) is 37.4 Å². The lowest BCUT2D eigenvalue weighted by atomic mass is 10.1. The summed E-state index contributed by atoms with van der Waals surface area (Å²) in [5, 5.41) is 0. The Morgan fingerprint density at radius 1 is 0.824 bits per heavy atom. The number of rotatable bonds is 5. The number of aromatic amines is 1. The van der Waals surface area contributed by atoms with Gasteiger partial charge in [-0.15, -0.1) is 0 Å². The second kappa shape index (κ2) is 9.82. The third kappa shape index (κ3) is 4.66. The summed E-state index contributed by atoms with van der Waals surface area (Å²) < 4.78 is 10.5. The van der Waals surface area contributed by atoms with Crippen molar-refractivity contribution < 1.29 is 19.1 Å². The van der Waals surface area contributed by atoms with Gasteiger partial charge < -0.3 is 24.3 Å². The number of aromatic nitrogens is 1. The number of benzene rings is 2. The maximum Gasteiger partial charge on any atom is 0.261 e. The highest BCUT2D eigenvalue weighted by Crippen LogP contribution is 2.28. The summed E-state index contributed by atoms with van der Waals surface area (Å²) in [5.41, 5.74) is 2.79. The van der Waals surface area contributed by atoms with E-state index in [-0.39, 0.29) is 17.4 Å². The molecule has 34 heavy (non-hydrogen) atoms. The van der Waals surface area contributed by atoms with Crippen molar-refractivity contribution >= 4 is 11.8 Å². The highest BCUT2D eigenvalue weighted by Gasteiger charge is 2.27. The van der Waals surface area contributed by atoms with Crippen molar-refractivity contribution in [2.24, 2.45) is 0 Å². The second-order valence-electron chi connectivity index (χ2n) is 8.14. The molecule has 0 spiro atoms. The van der Waals surface area contributed by atoms with Gasteiger partial charge in [-0.1, -0.05) is 23.8 Å². The van der Waals surface area contributed by atoms with Gasteiger partial charge in [0.25, 0.3) is 17.4 Å². The molecule has 3 aromatic rings. The number of pyridine rings is 1. The first kappa shape index (κ1) is 23.1. The molecule has 4 rings (SSSR count). The van der Waals surface area contributed by atoms with Crippen LogP contribution in [0.3, 0.4) is 0 Å².